The molecule has 0 saturated heterocycles. The van der Waals surface area contributed by atoms with Crippen LogP contribution in [0.25, 0.3) is 22.3 Å². The molecule has 5 rings (SSSR count). The molecular weight excluding hydrogens is 441 g/mol. The van der Waals surface area contributed by atoms with Crippen molar-refractivity contribution >= 4 is 23.0 Å². The van der Waals surface area contributed by atoms with Crippen LogP contribution in [0.2, 0.25) is 0 Å². The van der Waals surface area contributed by atoms with Crippen LogP contribution in [0.4, 0.5) is 9.18 Å². The summed E-state index contributed by atoms with van der Waals surface area (Å²) in [4.78, 5) is 35.7. The quantitative estimate of drug-likeness (QED) is 0.418. The third-order valence-electron chi connectivity index (χ3n) is 6.47. The molecule has 0 unspecified atom stereocenters. The number of amides is 2. The van der Waals surface area contributed by atoms with Crippen LogP contribution in [0.15, 0.2) is 30.7 Å². The number of aromatic amines is 1. The SMILES string of the molecule is O=C(O)NC1CCC(NC(=O)c2c[nH]c3c(-c4ccc(F)cc4OCC4CC4)ncnc23)CC1. The second kappa shape index (κ2) is 9.28. The molecule has 0 aliphatic heterocycles. The average molecular weight is 468 g/mol. The van der Waals surface area contributed by atoms with E-state index >= 15 is 0 Å². The van der Waals surface area contributed by atoms with Crippen molar-refractivity contribution in [2.45, 2.75) is 50.6 Å². The summed E-state index contributed by atoms with van der Waals surface area (Å²) in [6.45, 7) is 0.535. The standard InChI is InChI=1S/C24H26FN5O4/c25-14-3-8-17(19(9-14)34-11-13-1-2-13)20-22-21(28-12-27-20)18(10-26-22)23(31)29-15-4-6-16(7-5-15)30-24(32)33/h3,8-10,12-13,15-16,26,30H,1-2,4-7,11H2,(H,29,31)(H,32,33). The van der Waals surface area contributed by atoms with Crippen LogP contribution in [0.5, 0.6) is 5.75 Å². The van der Waals surface area contributed by atoms with Gasteiger partial charge in [-0.2, -0.15) is 0 Å². The van der Waals surface area contributed by atoms with Crippen LogP contribution in [0.3, 0.4) is 0 Å². The fraction of sp³-hybridized carbons (Fsp3) is 0.417. The molecule has 0 atom stereocenters. The van der Waals surface area contributed by atoms with Crippen LogP contribution in [-0.2, 0) is 0 Å². The van der Waals surface area contributed by atoms with Crippen molar-refractivity contribution in [1.82, 2.24) is 25.6 Å². The summed E-state index contributed by atoms with van der Waals surface area (Å²) in [5.74, 6) is 0.283. The zero-order chi connectivity index (χ0) is 23.7. The van der Waals surface area contributed by atoms with Gasteiger partial charge in [-0.15, -0.1) is 0 Å². The Kier molecular flexibility index (Phi) is 6.04. The fourth-order valence-electron chi connectivity index (χ4n) is 4.44. The number of H-pyrrole nitrogens is 1. The van der Waals surface area contributed by atoms with Crippen LogP contribution >= 0.6 is 0 Å². The molecule has 2 aromatic heterocycles. The molecule has 178 valence electrons. The molecule has 1 aromatic carbocycles. The van der Waals surface area contributed by atoms with Crippen molar-refractivity contribution in [3.8, 4) is 17.0 Å². The largest absolute Gasteiger partial charge is 0.492 e. The normalized spacial score (nSPS) is 20.1. The Hall–Kier alpha value is -3.69. The molecule has 2 amide bonds. The molecule has 9 nitrogen and oxygen atoms in total. The molecule has 4 N–H and O–H groups in total. The topological polar surface area (TPSA) is 129 Å². The van der Waals surface area contributed by atoms with Crippen molar-refractivity contribution < 1.29 is 23.8 Å². The smallest absolute Gasteiger partial charge is 0.404 e. The highest BCUT2D eigenvalue weighted by atomic mass is 19.1. The first-order valence-corrected chi connectivity index (χ1v) is 11.5. The zero-order valence-electron chi connectivity index (χ0n) is 18.5. The minimum Gasteiger partial charge on any atom is -0.492 e. The number of benzene rings is 1. The number of fused-ring (bicyclic) bond motifs is 1. The van der Waals surface area contributed by atoms with Gasteiger partial charge in [-0.05, 0) is 56.6 Å². The lowest BCUT2D eigenvalue weighted by atomic mass is 9.91. The number of aromatic nitrogens is 3. The van der Waals surface area contributed by atoms with Gasteiger partial charge in [0.05, 0.1) is 17.7 Å². The van der Waals surface area contributed by atoms with E-state index in [9.17, 15) is 14.0 Å². The van der Waals surface area contributed by atoms with Crippen LogP contribution < -0.4 is 15.4 Å². The van der Waals surface area contributed by atoms with Crippen LogP contribution in [0.1, 0.15) is 48.9 Å². The van der Waals surface area contributed by atoms with E-state index in [-0.39, 0.29) is 23.8 Å². The summed E-state index contributed by atoms with van der Waals surface area (Å²) in [6, 6.07) is 4.23. The van der Waals surface area contributed by atoms with Gasteiger partial charge in [0.15, 0.2) is 0 Å². The van der Waals surface area contributed by atoms with Crippen molar-refractivity contribution in [2.24, 2.45) is 5.92 Å². The number of ether oxygens (including phenoxy) is 1. The first-order valence-electron chi connectivity index (χ1n) is 11.5. The lowest BCUT2D eigenvalue weighted by molar-refractivity contribution is 0.0924. The van der Waals surface area contributed by atoms with Crippen LogP contribution in [-0.4, -0.2) is 50.7 Å². The Morgan fingerprint density at radius 1 is 1.09 bits per heavy atom. The molecule has 34 heavy (non-hydrogen) atoms. The number of carbonyl (C=O) groups is 2. The Morgan fingerprint density at radius 3 is 2.53 bits per heavy atom. The summed E-state index contributed by atoms with van der Waals surface area (Å²) in [5.41, 5.74) is 2.61. The molecule has 2 aliphatic rings. The Morgan fingerprint density at radius 2 is 1.82 bits per heavy atom. The number of halogens is 1. The highest BCUT2D eigenvalue weighted by molar-refractivity contribution is 6.07. The van der Waals surface area contributed by atoms with Crippen molar-refractivity contribution in [2.75, 3.05) is 6.61 Å². The number of nitrogens with zero attached hydrogens (tertiary/aromatic N) is 2. The van der Waals surface area contributed by atoms with E-state index in [1.54, 1.807) is 12.3 Å². The van der Waals surface area contributed by atoms with Crippen molar-refractivity contribution in [3.63, 3.8) is 0 Å². The third kappa shape index (κ3) is 4.80. The number of nitrogens with one attached hydrogen (secondary N) is 3. The van der Waals surface area contributed by atoms with Gasteiger partial charge in [0.25, 0.3) is 5.91 Å². The van der Waals surface area contributed by atoms with Crippen LogP contribution in [0, 0.1) is 11.7 Å². The second-order valence-electron chi connectivity index (χ2n) is 9.01. The molecule has 10 heteroatoms. The highest BCUT2D eigenvalue weighted by Crippen LogP contribution is 2.36. The zero-order valence-corrected chi connectivity index (χ0v) is 18.5. The van der Waals surface area contributed by atoms with Gasteiger partial charge >= 0.3 is 6.09 Å². The van der Waals surface area contributed by atoms with E-state index in [0.717, 1.165) is 12.8 Å². The Bertz CT molecular complexity index is 1220. The van der Waals surface area contributed by atoms with Crippen molar-refractivity contribution in [1.29, 1.82) is 0 Å². The minimum atomic E-state index is -1.02. The van der Waals surface area contributed by atoms with Gasteiger partial charge in [-0.1, -0.05) is 0 Å². The molecular formula is C24H26FN5O4. The Balaban J connectivity index is 1.35. The fourth-order valence-corrected chi connectivity index (χ4v) is 4.44. The third-order valence-corrected chi connectivity index (χ3v) is 6.47. The summed E-state index contributed by atoms with van der Waals surface area (Å²) in [5, 5.41) is 14.4. The summed E-state index contributed by atoms with van der Waals surface area (Å²) in [7, 11) is 0. The van der Waals surface area contributed by atoms with Gasteiger partial charge < -0.3 is 25.5 Å². The molecule has 0 bridgehead atoms. The van der Waals surface area contributed by atoms with Gasteiger partial charge in [0.1, 0.15) is 29.1 Å². The second-order valence-corrected chi connectivity index (χ2v) is 9.01. The van der Waals surface area contributed by atoms with Gasteiger partial charge in [0.2, 0.25) is 0 Å². The Labute approximate surface area is 195 Å². The predicted molar refractivity (Wildman–Crippen MR) is 122 cm³/mol. The lowest BCUT2D eigenvalue weighted by Gasteiger charge is -2.28. The maximum Gasteiger partial charge on any atom is 0.404 e. The van der Waals surface area contributed by atoms with Crippen molar-refractivity contribution in [3.05, 3.63) is 42.1 Å². The predicted octanol–water partition coefficient (Wildman–Crippen LogP) is 3.86. The first kappa shape index (κ1) is 22.1. The lowest BCUT2D eigenvalue weighted by Crippen LogP contribution is -2.43. The minimum absolute atomic E-state index is 0.0369. The molecule has 2 fully saturated rings. The number of carboxylic acid groups (broad SMARTS) is 1. The van der Waals surface area contributed by atoms with E-state index in [2.05, 4.69) is 25.6 Å². The van der Waals surface area contributed by atoms with E-state index in [1.165, 1.54) is 18.5 Å². The first-order chi connectivity index (χ1) is 16.5. The van der Waals surface area contributed by atoms with Gasteiger partial charge in [-0.3, -0.25) is 4.79 Å². The monoisotopic (exact) mass is 467 g/mol. The molecule has 0 radical (unpaired) electrons. The maximum atomic E-state index is 13.9. The highest BCUT2D eigenvalue weighted by Gasteiger charge is 2.26. The van der Waals surface area contributed by atoms with E-state index in [4.69, 9.17) is 9.84 Å². The number of hydrogen-bond acceptors (Lipinski definition) is 5. The number of rotatable bonds is 7. The molecule has 3 aromatic rings. The van der Waals surface area contributed by atoms with Gasteiger partial charge in [-0.25, -0.2) is 19.2 Å². The van der Waals surface area contributed by atoms with E-state index in [0.29, 0.717) is 71.8 Å². The average Bonchev–Trinajstić information content (AvgIpc) is 3.54. The summed E-state index contributed by atoms with van der Waals surface area (Å²) < 4.78 is 19.8. The molecule has 2 aliphatic carbocycles. The summed E-state index contributed by atoms with van der Waals surface area (Å²) in [6.07, 6.45) is 6.93. The summed E-state index contributed by atoms with van der Waals surface area (Å²) >= 11 is 0. The number of hydrogen-bond donors (Lipinski definition) is 4. The number of carbonyl (C=O) groups excluding carboxylic acids is 1. The maximum absolute atomic E-state index is 13.9. The van der Waals surface area contributed by atoms with E-state index < -0.39 is 6.09 Å². The van der Waals surface area contributed by atoms with E-state index in [1.807, 2.05) is 0 Å². The molecule has 2 saturated carbocycles. The van der Waals surface area contributed by atoms with Gasteiger partial charge in [0, 0.05) is 29.9 Å². The molecule has 2 heterocycles. The molecule has 0 spiro atoms.